The predicted molar refractivity (Wildman–Crippen MR) is 62.6 cm³/mol. The standard InChI is InChI=1S/C11H19N3O2/c1-11(2,4-5-15)7-12-9-6-10(16-3)14-8-13-9/h6,8,15H,4-5,7H2,1-3H3,(H,12,13,14). The number of aliphatic hydroxyl groups is 1. The van der Waals surface area contributed by atoms with Gasteiger partial charge in [-0.05, 0) is 11.8 Å². The van der Waals surface area contributed by atoms with E-state index in [1.54, 1.807) is 13.2 Å². The number of anilines is 1. The van der Waals surface area contributed by atoms with Crippen molar-refractivity contribution in [2.75, 3.05) is 25.6 Å². The molecule has 0 bridgehead atoms. The largest absolute Gasteiger partial charge is 0.481 e. The summed E-state index contributed by atoms with van der Waals surface area (Å²) in [5.41, 5.74) is 0.0347. The molecule has 0 atom stereocenters. The summed E-state index contributed by atoms with van der Waals surface area (Å²) in [5.74, 6) is 1.27. The monoisotopic (exact) mass is 225 g/mol. The Morgan fingerprint density at radius 2 is 2.19 bits per heavy atom. The fourth-order valence-electron chi connectivity index (χ4n) is 1.27. The minimum absolute atomic E-state index is 0.0347. The Hall–Kier alpha value is -1.36. The van der Waals surface area contributed by atoms with E-state index in [2.05, 4.69) is 29.1 Å². The van der Waals surface area contributed by atoms with Gasteiger partial charge in [-0.1, -0.05) is 13.8 Å². The first kappa shape index (κ1) is 12.7. The smallest absolute Gasteiger partial charge is 0.218 e. The maximum absolute atomic E-state index is 8.91. The molecule has 0 saturated heterocycles. The summed E-state index contributed by atoms with van der Waals surface area (Å²) in [6.45, 7) is 5.12. The Morgan fingerprint density at radius 3 is 2.81 bits per heavy atom. The molecule has 0 aromatic carbocycles. The van der Waals surface area contributed by atoms with Crippen molar-refractivity contribution in [1.82, 2.24) is 9.97 Å². The number of methoxy groups -OCH3 is 1. The lowest BCUT2D eigenvalue weighted by Gasteiger charge is -2.24. The molecule has 0 fully saturated rings. The van der Waals surface area contributed by atoms with Gasteiger partial charge in [-0.2, -0.15) is 0 Å². The van der Waals surface area contributed by atoms with Gasteiger partial charge in [-0.3, -0.25) is 0 Å². The number of aliphatic hydroxyl groups excluding tert-OH is 1. The average Bonchev–Trinajstić information content (AvgIpc) is 2.27. The summed E-state index contributed by atoms with van der Waals surface area (Å²) in [7, 11) is 1.57. The fraction of sp³-hybridized carbons (Fsp3) is 0.636. The van der Waals surface area contributed by atoms with Crippen LogP contribution in [0.25, 0.3) is 0 Å². The third kappa shape index (κ3) is 4.02. The molecule has 0 amide bonds. The van der Waals surface area contributed by atoms with E-state index in [1.165, 1.54) is 6.33 Å². The molecule has 1 aromatic rings. The maximum atomic E-state index is 8.91. The molecule has 5 nitrogen and oxygen atoms in total. The van der Waals surface area contributed by atoms with Crippen molar-refractivity contribution in [1.29, 1.82) is 0 Å². The Labute approximate surface area is 95.9 Å². The molecule has 1 rings (SSSR count). The van der Waals surface area contributed by atoms with Gasteiger partial charge in [-0.25, -0.2) is 9.97 Å². The lowest BCUT2D eigenvalue weighted by molar-refractivity contribution is 0.220. The van der Waals surface area contributed by atoms with Crippen LogP contribution in [0.5, 0.6) is 5.88 Å². The van der Waals surface area contributed by atoms with Crippen molar-refractivity contribution in [3.63, 3.8) is 0 Å². The zero-order valence-corrected chi connectivity index (χ0v) is 10.0. The van der Waals surface area contributed by atoms with Crippen LogP contribution >= 0.6 is 0 Å². The number of hydrogen-bond donors (Lipinski definition) is 2. The van der Waals surface area contributed by atoms with Crippen LogP contribution in [0.2, 0.25) is 0 Å². The van der Waals surface area contributed by atoms with E-state index >= 15 is 0 Å². The number of nitrogens with one attached hydrogen (secondary N) is 1. The summed E-state index contributed by atoms with van der Waals surface area (Å²) in [6, 6.07) is 1.75. The molecule has 1 heterocycles. The quantitative estimate of drug-likeness (QED) is 0.764. The normalized spacial score (nSPS) is 11.2. The highest BCUT2D eigenvalue weighted by Crippen LogP contribution is 2.20. The lowest BCUT2D eigenvalue weighted by atomic mass is 9.90. The number of hydrogen-bond acceptors (Lipinski definition) is 5. The van der Waals surface area contributed by atoms with Crippen LogP contribution < -0.4 is 10.1 Å². The van der Waals surface area contributed by atoms with Crippen molar-refractivity contribution in [2.45, 2.75) is 20.3 Å². The van der Waals surface area contributed by atoms with Crippen LogP contribution in [0, 0.1) is 5.41 Å². The first-order chi connectivity index (χ1) is 7.57. The molecule has 0 saturated carbocycles. The molecule has 5 heteroatoms. The first-order valence-corrected chi connectivity index (χ1v) is 5.28. The van der Waals surface area contributed by atoms with E-state index in [9.17, 15) is 0 Å². The molecule has 16 heavy (non-hydrogen) atoms. The Balaban J connectivity index is 2.53. The SMILES string of the molecule is COc1cc(NCC(C)(C)CCO)ncn1. The van der Waals surface area contributed by atoms with Gasteiger partial charge < -0.3 is 15.2 Å². The van der Waals surface area contributed by atoms with Crippen LogP contribution in [-0.4, -0.2) is 35.3 Å². The fourth-order valence-corrected chi connectivity index (χ4v) is 1.27. The Morgan fingerprint density at radius 1 is 1.44 bits per heavy atom. The molecule has 90 valence electrons. The van der Waals surface area contributed by atoms with Crippen molar-refractivity contribution in [3.8, 4) is 5.88 Å². The number of nitrogens with zero attached hydrogens (tertiary/aromatic N) is 2. The van der Waals surface area contributed by atoms with Crippen molar-refractivity contribution in [3.05, 3.63) is 12.4 Å². The first-order valence-electron chi connectivity index (χ1n) is 5.28. The molecule has 0 radical (unpaired) electrons. The van der Waals surface area contributed by atoms with Crippen molar-refractivity contribution < 1.29 is 9.84 Å². The second-order valence-electron chi connectivity index (χ2n) is 4.44. The summed E-state index contributed by atoms with van der Waals surface area (Å²) >= 11 is 0. The number of ether oxygens (including phenoxy) is 1. The summed E-state index contributed by atoms with van der Waals surface area (Å²) in [6.07, 6.45) is 2.21. The van der Waals surface area contributed by atoms with E-state index in [4.69, 9.17) is 9.84 Å². The van der Waals surface area contributed by atoms with E-state index in [1.807, 2.05) is 0 Å². The highest BCUT2D eigenvalue weighted by atomic mass is 16.5. The summed E-state index contributed by atoms with van der Waals surface area (Å²) in [5, 5.41) is 12.1. The molecule has 1 aromatic heterocycles. The number of rotatable bonds is 6. The minimum Gasteiger partial charge on any atom is -0.481 e. The van der Waals surface area contributed by atoms with Gasteiger partial charge in [-0.15, -0.1) is 0 Å². The second-order valence-corrected chi connectivity index (χ2v) is 4.44. The van der Waals surface area contributed by atoms with Gasteiger partial charge >= 0.3 is 0 Å². The summed E-state index contributed by atoms with van der Waals surface area (Å²) < 4.78 is 5.00. The van der Waals surface area contributed by atoms with Gasteiger partial charge in [0.15, 0.2) is 0 Å². The van der Waals surface area contributed by atoms with Gasteiger partial charge in [0.25, 0.3) is 0 Å². The average molecular weight is 225 g/mol. The molecule has 0 aliphatic carbocycles. The second kappa shape index (κ2) is 5.65. The van der Waals surface area contributed by atoms with Crippen LogP contribution in [0.15, 0.2) is 12.4 Å². The third-order valence-electron chi connectivity index (χ3n) is 2.39. The Bertz CT molecular complexity index is 329. The van der Waals surface area contributed by atoms with Crippen molar-refractivity contribution >= 4 is 5.82 Å². The third-order valence-corrected chi connectivity index (χ3v) is 2.39. The van der Waals surface area contributed by atoms with Gasteiger partial charge in [0.05, 0.1) is 7.11 Å². The maximum Gasteiger partial charge on any atom is 0.218 e. The zero-order chi connectivity index (χ0) is 12.0. The van der Waals surface area contributed by atoms with E-state index in [0.717, 1.165) is 18.8 Å². The van der Waals surface area contributed by atoms with Gasteiger partial charge in [0.2, 0.25) is 5.88 Å². The molecular weight excluding hydrogens is 206 g/mol. The van der Waals surface area contributed by atoms with Crippen LogP contribution in [-0.2, 0) is 0 Å². The van der Waals surface area contributed by atoms with Crippen LogP contribution in [0.4, 0.5) is 5.82 Å². The zero-order valence-electron chi connectivity index (χ0n) is 10.0. The predicted octanol–water partition coefficient (Wildman–Crippen LogP) is 1.31. The van der Waals surface area contributed by atoms with E-state index in [-0.39, 0.29) is 12.0 Å². The highest BCUT2D eigenvalue weighted by Gasteiger charge is 2.16. The lowest BCUT2D eigenvalue weighted by Crippen LogP contribution is -2.24. The van der Waals surface area contributed by atoms with Crippen LogP contribution in [0.3, 0.4) is 0 Å². The minimum atomic E-state index is 0.0347. The summed E-state index contributed by atoms with van der Waals surface area (Å²) in [4.78, 5) is 8.01. The molecule has 2 N–H and O–H groups in total. The van der Waals surface area contributed by atoms with Crippen molar-refractivity contribution in [2.24, 2.45) is 5.41 Å². The molecule has 0 aliphatic rings. The molecule has 0 spiro atoms. The van der Waals surface area contributed by atoms with Gasteiger partial charge in [0.1, 0.15) is 12.1 Å². The molecule has 0 aliphatic heterocycles. The topological polar surface area (TPSA) is 67.3 Å². The van der Waals surface area contributed by atoms with Crippen LogP contribution in [0.1, 0.15) is 20.3 Å². The Kier molecular flexibility index (Phi) is 4.49. The van der Waals surface area contributed by atoms with Gasteiger partial charge in [0, 0.05) is 19.2 Å². The highest BCUT2D eigenvalue weighted by molar-refractivity contribution is 5.37. The van der Waals surface area contributed by atoms with E-state index < -0.39 is 0 Å². The number of aromatic nitrogens is 2. The molecular formula is C11H19N3O2. The van der Waals surface area contributed by atoms with E-state index in [0.29, 0.717) is 5.88 Å². The molecule has 0 unspecified atom stereocenters.